The molecule has 0 saturated carbocycles. The molecule has 0 spiro atoms. The molecular weight excluding hydrogens is 311 g/mol. The van der Waals surface area contributed by atoms with E-state index in [9.17, 15) is 14.3 Å². The molecule has 0 aliphatic rings. The molecule has 1 aromatic carbocycles. The Morgan fingerprint density at radius 3 is 2.46 bits per heavy atom. The van der Waals surface area contributed by atoms with Gasteiger partial charge in [0.25, 0.3) is 0 Å². The first-order valence-corrected chi connectivity index (χ1v) is 7.57. The third kappa shape index (κ3) is 4.73. The largest absolute Gasteiger partial charge is 0.386 e. The van der Waals surface area contributed by atoms with Crippen LogP contribution < -0.4 is 10.6 Å². The highest BCUT2D eigenvalue weighted by atomic mass is 19.1. The van der Waals surface area contributed by atoms with Gasteiger partial charge in [-0.2, -0.15) is 0 Å². The van der Waals surface area contributed by atoms with E-state index in [0.717, 1.165) is 0 Å². The minimum atomic E-state index is -1.13. The molecule has 3 N–H and O–H groups in total. The monoisotopic (exact) mass is 332 g/mol. The van der Waals surface area contributed by atoms with Gasteiger partial charge in [-0.3, -0.25) is 0 Å². The summed E-state index contributed by atoms with van der Waals surface area (Å²) in [6.07, 6.45) is 1.90. The standard InChI is InChI=1S/C17H21FN4O2/c1-17(2,3)15-19-8-11(9-20-15)22-16(24)21-10-14(23)12-6-4-5-7-13(12)18/h4-9,14,23H,10H2,1-3H3,(H2,21,22,24)/t14-/m0/s1. The molecule has 1 atom stereocenters. The minimum absolute atomic E-state index is 0.117. The highest BCUT2D eigenvalue weighted by Crippen LogP contribution is 2.18. The molecule has 0 saturated heterocycles. The molecule has 0 radical (unpaired) electrons. The molecule has 128 valence electrons. The van der Waals surface area contributed by atoms with Crippen LogP contribution in [0, 0.1) is 5.82 Å². The maximum absolute atomic E-state index is 13.5. The van der Waals surface area contributed by atoms with Crippen molar-refractivity contribution in [2.45, 2.75) is 32.3 Å². The number of hydrogen-bond donors (Lipinski definition) is 3. The summed E-state index contributed by atoms with van der Waals surface area (Å²) in [5, 5.41) is 15.0. The van der Waals surface area contributed by atoms with E-state index in [4.69, 9.17) is 0 Å². The number of carbonyl (C=O) groups is 1. The smallest absolute Gasteiger partial charge is 0.319 e. The zero-order chi connectivity index (χ0) is 17.7. The van der Waals surface area contributed by atoms with Gasteiger partial charge in [0, 0.05) is 17.5 Å². The maximum atomic E-state index is 13.5. The number of aliphatic hydroxyl groups is 1. The lowest BCUT2D eigenvalue weighted by Crippen LogP contribution is -2.32. The van der Waals surface area contributed by atoms with E-state index >= 15 is 0 Å². The van der Waals surface area contributed by atoms with E-state index in [1.807, 2.05) is 20.8 Å². The molecule has 7 heteroatoms. The normalized spacial score (nSPS) is 12.5. The molecule has 2 rings (SSSR count). The van der Waals surface area contributed by atoms with Crippen LogP contribution in [0.15, 0.2) is 36.7 Å². The Labute approximate surface area is 140 Å². The van der Waals surface area contributed by atoms with E-state index in [1.165, 1.54) is 30.6 Å². The van der Waals surface area contributed by atoms with Crippen molar-refractivity contribution < 1.29 is 14.3 Å². The second kappa shape index (κ2) is 7.35. The van der Waals surface area contributed by atoms with Gasteiger partial charge in [0.15, 0.2) is 0 Å². The fraction of sp³-hybridized carbons (Fsp3) is 0.353. The Bertz CT molecular complexity index is 698. The van der Waals surface area contributed by atoms with Crippen molar-refractivity contribution in [2.24, 2.45) is 0 Å². The Hall–Kier alpha value is -2.54. The summed E-state index contributed by atoms with van der Waals surface area (Å²) in [6, 6.07) is 5.35. The van der Waals surface area contributed by atoms with Crippen molar-refractivity contribution in [1.29, 1.82) is 0 Å². The molecule has 6 nitrogen and oxygen atoms in total. The highest BCUT2D eigenvalue weighted by molar-refractivity contribution is 5.88. The van der Waals surface area contributed by atoms with E-state index in [1.54, 1.807) is 6.07 Å². The predicted molar refractivity (Wildman–Crippen MR) is 89.1 cm³/mol. The SMILES string of the molecule is CC(C)(C)c1ncc(NC(=O)NC[C@H](O)c2ccccc2F)cn1. The van der Waals surface area contributed by atoms with Crippen LogP contribution in [0.2, 0.25) is 0 Å². The number of carbonyl (C=O) groups excluding carboxylic acids is 1. The number of hydrogen-bond acceptors (Lipinski definition) is 4. The van der Waals surface area contributed by atoms with Crippen LogP contribution in [0.25, 0.3) is 0 Å². The third-order valence-electron chi connectivity index (χ3n) is 3.30. The van der Waals surface area contributed by atoms with Crippen LogP contribution in [0.5, 0.6) is 0 Å². The van der Waals surface area contributed by atoms with Gasteiger partial charge in [0.1, 0.15) is 11.6 Å². The first-order valence-electron chi connectivity index (χ1n) is 7.57. The molecule has 0 aliphatic carbocycles. The summed E-state index contributed by atoms with van der Waals surface area (Å²) in [4.78, 5) is 20.2. The zero-order valence-corrected chi connectivity index (χ0v) is 13.9. The molecule has 2 aromatic rings. The molecule has 0 aliphatic heterocycles. The summed E-state index contributed by atoms with van der Waals surface area (Å²) in [6.45, 7) is 5.86. The van der Waals surface area contributed by atoms with Gasteiger partial charge in [0.2, 0.25) is 0 Å². The molecule has 2 amide bonds. The van der Waals surface area contributed by atoms with Crippen molar-refractivity contribution in [3.63, 3.8) is 0 Å². The van der Waals surface area contributed by atoms with Gasteiger partial charge < -0.3 is 15.7 Å². The molecule has 0 bridgehead atoms. The average molecular weight is 332 g/mol. The van der Waals surface area contributed by atoms with Gasteiger partial charge in [-0.1, -0.05) is 39.0 Å². The van der Waals surface area contributed by atoms with Gasteiger partial charge in [-0.05, 0) is 6.07 Å². The topological polar surface area (TPSA) is 87.1 Å². The molecule has 24 heavy (non-hydrogen) atoms. The number of rotatable bonds is 4. The quantitative estimate of drug-likeness (QED) is 0.803. The summed E-state index contributed by atoms with van der Waals surface area (Å²) in [5.74, 6) is 0.154. The van der Waals surface area contributed by atoms with Gasteiger partial charge in [-0.25, -0.2) is 19.2 Å². The number of halogens is 1. The average Bonchev–Trinajstić information content (AvgIpc) is 2.53. The van der Waals surface area contributed by atoms with Crippen LogP contribution in [0.1, 0.15) is 38.3 Å². The van der Waals surface area contributed by atoms with Gasteiger partial charge in [-0.15, -0.1) is 0 Å². The Morgan fingerprint density at radius 1 is 1.25 bits per heavy atom. The first-order chi connectivity index (χ1) is 11.3. The highest BCUT2D eigenvalue weighted by Gasteiger charge is 2.17. The Morgan fingerprint density at radius 2 is 1.88 bits per heavy atom. The van der Waals surface area contributed by atoms with E-state index in [2.05, 4.69) is 20.6 Å². The maximum Gasteiger partial charge on any atom is 0.319 e. The molecule has 0 fully saturated rings. The number of aromatic nitrogens is 2. The Balaban J connectivity index is 1.88. The van der Waals surface area contributed by atoms with Crippen molar-refractivity contribution in [1.82, 2.24) is 15.3 Å². The second-order valence-corrected chi connectivity index (χ2v) is 6.42. The van der Waals surface area contributed by atoms with Crippen LogP contribution in [0.4, 0.5) is 14.9 Å². The first kappa shape index (κ1) is 17.8. The van der Waals surface area contributed by atoms with Crippen LogP contribution >= 0.6 is 0 Å². The number of benzene rings is 1. The third-order valence-corrected chi connectivity index (χ3v) is 3.30. The summed E-state index contributed by atoms with van der Waals surface area (Å²) >= 11 is 0. The van der Waals surface area contributed by atoms with Crippen molar-refractivity contribution in [3.05, 3.63) is 53.9 Å². The second-order valence-electron chi connectivity index (χ2n) is 6.42. The number of aliphatic hydroxyl groups excluding tert-OH is 1. The van der Waals surface area contributed by atoms with E-state index < -0.39 is 18.0 Å². The van der Waals surface area contributed by atoms with E-state index in [0.29, 0.717) is 11.5 Å². The molecular formula is C17H21FN4O2. The lowest BCUT2D eigenvalue weighted by atomic mass is 9.96. The van der Waals surface area contributed by atoms with Crippen LogP contribution in [-0.4, -0.2) is 27.7 Å². The fourth-order valence-corrected chi connectivity index (χ4v) is 2.00. The number of nitrogens with zero attached hydrogens (tertiary/aromatic N) is 2. The summed E-state index contributed by atoms with van der Waals surface area (Å²) in [5.41, 5.74) is 0.390. The van der Waals surface area contributed by atoms with Crippen LogP contribution in [0.3, 0.4) is 0 Å². The number of amides is 2. The van der Waals surface area contributed by atoms with Crippen molar-refractivity contribution >= 4 is 11.7 Å². The molecule has 1 heterocycles. The number of urea groups is 1. The fourth-order valence-electron chi connectivity index (χ4n) is 2.00. The predicted octanol–water partition coefficient (Wildman–Crippen LogP) is 2.77. The lowest BCUT2D eigenvalue weighted by Gasteiger charge is -2.16. The van der Waals surface area contributed by atoms with Gasteiger partial charge >= 0.3 is 6.03 Å². The van der Waals surface area contributed by atoms with Crippen molar-refractivity contribution in [2.75, 3.05) is 11.9 Å². The molecule has 1 aromatic heterocycles. The van der Waals surface area contributed by atoms with Crippen LogP contribution in [-0.2, 0) is 5.41 Å². The molecule has 0 unspecified atom stereocenters. The number of nitrogens with one attached hydrogen (secondary N) is 2. The minimum Gasteiger partial charge on any atom is -0.386 e. The number of anilines is 1. The Kier molecular flexibility index (Phi) is 5.46. The summed E-state index contributed by atoms with van der Waals surface area (Å²) in [7, 11) is 0. The lowest BCUT2D eigenvalue weighted by molar-refractivity contribution is 0.170. The van der Waals surface area contributed by atoms with E-state index in [-0.39, 0.29) is 17.5 Å². The zero-order valence-electron chi connectivity index (χ0n) is 13.9. The van der Waals surface area contributed by atoms with Gasteiger partial charge in [0.05, 0.1) is 24.2 Å². The summed E-state index contributed by atoms with van der Waals surface area (Å²) < 4.78 is 13.5. The van der Waals surface area contributed by atoms with Crippen molar-refractivity contribution in [3.8, 4) is 0 Å².